The van der Waals surface area contributed by atoms with Crippen LogP contribution in [-0.4, -0.2) is 20.2 Å². The second-order valence-electron chi connectivity index (χ2n) is 5.49. The lowest BCUT2D eigenvalue weighted by atomic mass is 10.1. The van der Waals surface area contributed by atoms with Crippen molar-refractivity contribution in [3.63, 3.8) is 0 Å². The second-order valence-corrected chi connectivity index (χ2v) is 5.49. The van der Waals surface area contributed by atoms with E-state index in [4.69, 9.17) is 0 Å². The number of fused-ring (bicyclic) bond motifs is 2. The third-order valence-corrected chi connectivity index (χ3v) is 3.91. The fourth-order valence-corrected chi connectivity index (χ4v) is 2.74. The number of aromatic nitrogens is 4. The first kappa shape index (κ1) is 13.5. The van der Waals surface area contributed by atoms with Gasteiger partial charge in [0.05, 0.1) is 16.7 Å². The summed E-state index contributed by atoms with van der Waals surface area (Å²) in [7, 11) is 0. The molecule has 2 aromatic carbocycles. The monoisotopic (exact) mass is 305 g/mol. The first-order valence-electron chi connectivity index (χ1n) is 7.37. The first-order valence-corrected chi connectivity index (χ1v) is 7.37. The quantitative estimate of drug-likeness (QED) is 0.543. The van der Waals surface area contributed by atoms with Gasteiger partial charge in [0.15, 0.2) is 5.82 Å². The van der Waals surface area contributed by atoms with E-state index in [1.54, 1.807) is 0 Å². The van der Waals surface area contributed by atoms with Gasteiger partial charge in [0, 0.05) is 17.3 Å². The number of hydrogen-bond acceptors (Lipinski definition) is 4. The molecule has 0 aliphatic carbocycles. The van der Waals surface area contributed by atoms with Crippen LogP contribution in [0.3, 0.4) is 0 Å². The zero-order valence-electron chi connectivity index (χ0n) is 12.6. The molecule has 0 spiro atoms. The van der Waals surface area contributed by atoms with Gasteiger partial charge in [-0.15, -0.1) is 5.10 Å². The van der Waals surface area contributed by atoms with Crippen molar-refractivity contribution in [2.75, 3.05) is 5.32 Å². The topological polar surface area (TPSA) is 86.5 Å². The molecule has 23 heavy (non-hydrogen) atoms. The number of nitrogens with one attached hydrogen (secondary N) is 3. The van der Waals surface area contributed by atoms with Crippen molar-refractivity contribution < 1.29 is 0 Å². The van der Waals surface area contributed by atoms with Crippen LogP contribution in [0.2, 0.25) is 0 Å². The number of H-pyrrole nitrogens is 2. The van der Waals surface area contributed by atoms with Gasteiger partial charge in [-0.1, -0.05) is 30.3 Å². The van der Waals surface area contributed by atoms with Crippen molar-refractivity contribution in [2.45, 2.75) is 13.5 Å². The second kappa shape index (κ2) is 5.24. The van der Waals surface area contributed by atoms with Gasteiger partial charge in [0.25, 0.3) is 0 Å². The molecule has 2 aromatic heterocycles. The molecule has 0 saturated heterocycles. The average Bonchev–Trinajstić information content (AvgIpc) is 2.94. The van der Waals surface area contributed by atoms with Gasteiger partial charge in [0.2, 0.25) is 0 Å². The molecule has 0 bridgehead atoms. The molecule has 0 saturated carbocycles. The maximum atomic E-state index is 11.3. The molecule has 0 radical (unpaired) electrons. The van der Waals surface area contributed by atoms with E-state index in [0.717, 1.165) is 38.9 Å². The van der Waals surface area contributed by atoms with Crippen LogP contribution >= 0.6 is 0 Å². The third kappa shape index (κ3) is 2.44. The van der Waals surface area contributed by atoms with Crippen LogP contribution in [0.25, 0.3) is 21.8 Å². The SMILES string of the molecule is Cc1nnc(NCc2ccc3[nH]c(=O)[nH]c3c2)c2ccccc12. The molecule has 0 aliphatic heterocycles. The number of aryl methyl sites for hydroxylation is 1. The van der Waals surface area contributed by atoms with Crippen molar-refractivity contribution in [2.24, 2.45) is 0 Å². The summed E-state index contributed by atoms with van der Waals surface area (Å²) in [6.45, 7) is 2.56. The largest absolute Gasteiger partial charge is 0.364 e. The Labute approximate surface area is 131 Å². The van der Waals surface area contributed by atoms with Gasteiger partial charge in [-0.25, -0.2) is 4.79 Å². The van der Waals surface area contributed by atoms with Crippen molar-refractivity contribution in [1.82, 2.24) is 20.2 Å². The minimum absolute atomic E-state index is 0.194. The molecule has 6 nitrogen and oxygen atoms in total. The van der Waals surface area contributed by atoms with E-state index >= 15 is 0 Å². The van der Waals surface area contributed by atoms with Gasteiger partial charge in [-0.3, -0.25) is 0 Å². The summed E-state index contributed by atoms with van der Waals surface area (Å²) >= 11 is 0. The van der Waals surface area contributed by atoms with Gasteiger partial charge in [0.1, 0.15) is 0 Å². The Balaban J connectivity index is 1.65. The summed E-state index contributed by atoms with van der Waals surface area (Å²) in [6.07, 6.45) is 0. The highest BCUT2D eigenvalue weighted by Gasteiger charge is 2.06. The molecule has 114 valence electrons. The highest BCUT2D eigenvalue weighted by atomic mass is 16.1. The Kier molecular flexibility index (Phi) is 3.08. The minimum atomic E-state index is -0.194. The fourth-order valence-electron chi connectivity index (χ4n) is 2.74. The maximum absolute atomic E-state index is 11.3. The summed E-state index contributed by atoms with van der Waals surface area (Å²) in [5, 5.41) is 13.9. The third-order valence-electron chi connectivity index (χ3n) is 3.91. The van der Waals surface area contributed by atoms with Gasteiger partial charge in [-0.2, -0.15) is 5.10 Å². The van der Waals surface area contributed by atoms with Crippen molar-refractivity contribution >= 4 is 27.6 Å². The lowest BCUT2D eigenvalue weighted by Gasteiger charge is -2.09. The standard InChI is InChI=1S/C17H15N5O/c1-10-12-4-2-3-5-13(12)16(22-21-10)18-9-11-6-7-14-15(8-11)20-17(23)19-14/h2-8H,9H2,1H3,(H,18,22)(H2,19,20,23). The van der Waals surface area contributed by atoms with E-state index in [0.29, 0.717) is 6.54 Å². The van der Waals surface area contributed by atoms with Gasteiger partial charge >= 0.3 is 5.69 Å². The molecule has 3 N–H and O–H groups in total. The molecule has 4 aromatic rings. The Morgan fingerprint density at radius 1 is 1.00 bits per heavy atom. The molecule has 6 heteroatoms. The van der Waals surface area contributed by atoms with Gasteiger partial charge in [-0.05, 0) is 24.6 Å². The van der Waals surface area contributed by atoms with E-state index in [9.17, 15) is 4.79 Å². The number of anilines is 1. The summed E-state index contributed by atoms with van der Waals surface area (Å²) in [4.78, 5) is 16.8. The van der Waals surface area contributed by atoms with Crippen LogP contribution < -0.4 is 11.0 Å². The van der Waals surface area contributed by atoms with Crippen LogP contribution in [0.15, 0.2) is 47.3 Å². The lowest BCUT2D eigenvalue weighted by molar-refractivity contribution is 0.983. The predicted octanol–water partition coefficient (Wildman–Crippen LogP) is 2.72. The lowest BCUT2D eigenvalue weighted by Crippen LogP contribution is -2.04. The summed E-state index contributed by atoms with van der Waals surface area (Å²) in [5.41, 5.74) is 3.38. The smallest absolute Gasteiger partial charge is 0.323 e. The molecule has 4 rings (SSSR count). The Bertz CT molecular complexity index is 1060. The van der Waals surface area contributed by atoms with Crippen molar-refractivity contribution in [3.8, 4) is 0 Å². The van der Waals surface area contributed by atoms with E-state index < -0.39 is 0 Å². The first-order chi connectivity index (χ1) is 11.2. The number of hydrogen-bond donors (Lipinski definition) is 3. The summed E-state index contributed by atoms with van der Waals surface area (Å²) < 4.78 is 0. The zero-order chi connectivity index (χ0) is 15.8. The molecule has 0 aliphatic rings. The van der Waals surface area contributed by atoms with E-state index in [2.05, 4.69) is 25.5 Å². The van der Waals surface area contributed by atoms with Crippen LogP contribution in [-0.2, 0) is 6.54 Å². The summed E-state index contributed by atoms with van der Waals surface area (Å²) in [6, 6.07) is 13.9. The molecular formula is C17H15N5O. The van der Waals surface area contributed by atoms with E-state index in [1.807, 2.05) is 49.4 Å². The number of aromatic amines is 2. The van der Waals surface area contributed by atoms with Crippen LogP contribution in [0.4, 0.5) is 5.82 Å². The maximum Gasteiger partial charge on any atom is 0.323 e. The molecule has 0 fully saturated rings. The molecule has 0 unspecified atom stereocenters. The van der Waals surface area contributed by atoms with Crippen LogP contribution in [0.1, 0.15) is 11.3 Å². The Morgan fingerprint density at radius 3 is 2.65 bits per heavy atom. The molecule has 0 atom stereocenters. The van der Waals surface area contributed by atoms with Crippen LogP contribution in [0.5, 0.6) is 0 Å². The Hall–Kier alpha value is -3.15. The van der Waals surface area contributed by atoms with E-state index in [1.165, 1.54) is 0 Å². The average molecular weight is 305 g/mol. The number of benzene rings is 2. The van der Waals surface area contributed by atoms with E-state index in [-0.39, 0.29) is 5.69 Å². The molecular weight excluding hydrogens is 290 g/mol. The molecule has 0 amide bonds. The molecule has 2 heterocycles. The zero-order valence-corrected chi connectivity index (χ0v) is 12.6. The highest BCUT2D eigenvalue weighted by molar-refractivity contribution is 5.92. The number of rotatable bonds is 3. The predicted molar refractivity (Wildman–Crippen MR) is 90.5 cm³/mol. The van der Waals surface area contributed by atoms with Crippen molar-refractivity contribution in [1.29, 1.82) is 0 Å². The highest BCUT2D eigenvalue weighted by Crippen LogP contribution is 2.23. The Morgan fingerprint density at radius 2 is 1.78 bits per heavy atom. The normalized spacial score (nSPS) is 11.2. The van der Waals surface area contributed by atoms with Crippen molar-refractivity contribution in [3.05, 3.63) is 64.2 Å². The summed E-state index contributed by atoms with van der Waals surface area (Å²) in [5.74, 6) is 0.758. The minimum Gasteiger partial charge on any atom is -0.364 e. The van der Waals surface area contributed by atoms with Crippen LogP contribution in [0, 0.1) is 6.92 Å². The number of imidazole rings is 1. The number of nitrogens with zero attached hydrogens (tertiary/aromatic N) is 2. The fraction of sp³-hybridized carbons (Fsp3) is 0.118. The van der Waals surface area contributed by atoms with Gasteiger partial charge < -0.3 is 15.3 Å².